The number of fused-ring (bicyclic) bond motifs is 1. The summed E-state index contributed by atoms with van der Waals surface area (Å²) in [5.74, 6) is 0. The average Bonchev–Trinajstić information content (AvgIpc) is 3.75. The van der Waals surface area contributed by atoms with E-state index in [1.54, 1.807) is 6.07 Å². The number of nitriles is 2. The number of rotatable bonds is 9. The molecule has 5 aromatic rings. The number of pyridine rings is 1. The van der Waals surface area contributed by atoms with Gasteiger partial charge in [0.15, 0.2) is 0 Å². The van der Waals surface area contributed by atoms with Crippen molar-refractivity contribution in [2.24, 2.45) is 0 Å². The third-order valence-electron chi connectivity index (χ3n) is 7.41. The van der Waals surface area contributed by atoms with Crippen LogP contribution in [0.5, 0.6) is 0 Å². The van der Waals surface area contributed by atoms with Crippen molar-refractivity contribution in [1.29, 1.82) is 10.5 Å². The minimum Gasteiger partial charge on any atom is -0.377 e. The molecule has 6 rings (SSSR count). The molecule has 2 atom stereocenters. The first-order valence-corrected chi connectivity index (χ1v) is 14.0. The van der Waals surface area contributed by atoms with Crippen LogP contribution in [0, 0.1) is 22.7 Å². The van der Waals surface area contributed by atoms with Crippen molar-refractivity contribution >= 4 is 33.9 Å². The molecule has 0 radical (unpaired) electrons. The van der Waals surface area contributed by atoms with E-state index in [2.05, 4.69) is 57.1 Å². The number of halogens is 1. The molecule has 0 aliphatic heterocycles. The highest BCUT2D eigenvalue weighted by Gasteiger charge is 2.28. The number of aromatic nitrogens is 4. The third kappa shape index (κ3) is 5.30. The second kappa shape index (κ2) is 11.3. The summed E-state index contributed by atoms with van der Waals surface area (Å²) in [7, 11) is 0. The van der Waals surface area contributed by atoms with Crippen molar-refractivity contribution in [2.45, 2.75) is 44.3 Å². The van der Waals surface area contributed by atoms with Gasteiger partial charge >= 0.3 is 0 Å². The highest BCUT2D eigenvalue weighted by molar-refractivity contribution is 6.31. The van der Waals surface area contributed by atoms with Gasteiger partial charge in [-0.3, -0.25) is 4.98 Å². The van der Waals surface area contributed by atoms with Gasteiger partial charge in [0.25, 0.3) is 0 Å². The van der Waals surface area contributed by atoms with E-state index in [1.165, 1.54) is 6.20 Å². The van der Waals surface area contributed by atoms with E-state index in [1.807, 2.05) is 59.4 Å². The molecule has 0 bridgehead atoms. The zero-order valence-electron chi connectivity index (χ0n) is 22.4. The molecule has 2 aromatic heterocycles. The van der Waals surface area contributed by atoms with Gasteiger partial charge in [-0.15, -0.1) is 5.10 Å². The van der Waals surface area contributed by atoms with Gasteiger partial charge in [0, 0.05) is 22.3 Å². The fourth-order valence-electron chi connectivity index (χ4n) is 5.12. The highest BCUT2D eigenvalue weighted by Crippen LogP contribution is 2.38. The van der Waals surface area contributed by atoms with Crippen LogP contribution in [-0.4, -0.2) is 20.0 Å². The molecule has 0 saturated heterocycles. The molecule has 1 saturated carbocycles. The lowest BCUT2D eigenvalue weighted by Crippen LogP contribution is -2.14. The summed E-state index contributed by atoms with van der Waals surface area (Å²) in [6.07, 6.45) is 6.47. The largest absolute Gasteiger partial charge is 0.377 e. The van der Waals surface area contributed by atoms with Crippen molar-refractivity contribution in [3.8, 4) is 12.1 Å². The molecule has 202 valence electrons. The summed E-state index contributed by atoms with van der Waals surface area (Å²) in [5.41, 5.74) is 5.31. The van der Waals surface area contributed by atoms with Gasteiger partial charge in [0.05, 0.1) is 46.7 Å². The summed E-state index contributed by atoms with van der Waals surface area (Å²) in [4.78, 5) is 4.51. The van der Waals surface area contributed by atoms with Crippen molar-refractivity contribution < 1.29 is 0 Å². The van der Waals surface area contributed by atoms with Crippen LogP contribution in [-0.2, 0) is 0 Å². The number of hydrogen-bond donors (Lipinski definition) is 2. The summed E-state index contributed by atoms with van der Waals surface area (Å²) in [5, 5.41) is 37.4. The van der Waals surface area contributed by atoms with Crippen molar-refractivity contribution in [2.75, 3.05) is 10.6 Å². The Bertz CT molecular complexity index is 1800. The van der Waals surface area contributed by atoms with Crippen LogP contribution >= 0.6 is 11.6 Å². The summed E-state index contributed by atoms with van der Waals surface area (Å²) >= 11 is 6.66. The molecule has 8 nitrogen and oxygen atoms in total. The van der Waals surface area contributed by atoms with Crippen LogP contribution in [0.1, 0.15) is 72.3 Å². The molecule has 2 heterocycles. The van der Waals surface area contributed by atoms with Gasteiger partial charge < -0.3 is 10.6 Å². The maximum absolute atomic E-state index is 10.1. The van der Waals surface area contributed by atoms with Gasteiger partial charge in [-0.2, -0.15) is 10.5 Å². The molecule has 3 aromatic carbocycles. The highest BCUT2D eigenvalue weighted by atomic mass is 35.5. The van der Waals surface area contributed by atoms with E-state index >= 15 is 0 Å². The van der Waals surface area contributed by atoms with Crippen molar-refractivity contribution in [3.63, 3.8) is 0 Å². The molecule has 1 fully saturated rings. The van der Waals surface area contributed by atoms with E-state index in [-0.39, 0.29) is 6.04 Å². The van der Waals surface area contributed by atoms with Gasteiger partial charge in [-0.05, 0) is 48.6 Å². The van der Waals surface area contributed by atoms with Crippen LogP contribution in [0.3, 0.4) is 0 Å². The van der Waals surface area contributed by atoms with Crippen LogP contribution < -0.4 is 10.6 Å². The quantitative estimate of drug-likeness (QED) is 0.195. The van der Waals surface area contributed by atoms with E-state index in [4.69, 9.17) is 11.6 Å². The molecule has 2 N–H and O–H groups in total. The zero-order valence-corrected chi connectivity index (χ0v) is 23.2. The van der Waals surface area contributed by atoms with E-state index in [0.29, 0.717) is 44.5 Å². The second-order valence-corrected chi connectivity index (χ2v) is 10.6. The van der Waals surface area contributed by atoms with Gasteiger partial charge in [-0.25, -0.2) is 4.68 Å². The molecule has 1 aliphatic rings. The smallest absolute Gasteiger partial charge is 0.110 e. The van der Waals surface area contributed by atoms with Gasteiger partial charge in [0.1, 0.15) is 17.8 Å². The maximum atomic E-state index is 10.1. The Labute approximate surface area is 243 Å². The Morgan fingerprint density at radius 3 is 2.46 bits per heavy atom. The Morgan fingerprint density at radius 1 is 1.00 bits per heavy atom. The molecule has 0 unspecified atom stereocenters. The second-order valence-electron chi connectivity index (χ2n) is 10.2. The lowest BCUT2D eigenvalue weighted by molar-refractivity contribution is 0.610. The lowest BCUT2D eigenvalue weighted by Gasteiger charge is -2.23. The van der Waals surface area contributed by atoms with Crippen molar-refractivity contribution in [3.05, 3.63) is 112 Å². The van der Waals surface area contributed by atoms with Crippen molar-refractivity contribution in [1.82, 2.24) is 20.0 Å². The third-order valence-corrected chi connectivity index (χ3v) is 7.76. The Morgan fingerprint density at radius 2 is 1.76 bits per heavy atom. The van der Waals surface area contributed by atoms with E-state index < -0.39 is 6.04 Å². The first kappa shape index (κ1) is 26.3. The van der Waals surface area contributed by atoms with Crippen LogP contribution in [0.2, 0.25) is 5.02 Å². The topological polar surface area (TPSA) is 115 Å². The summed E-state index contributed by atoms with van der Waals surface area (Å²) in [6.45, 7) is 2.09. The van der Waals surface area contributed by atoms with E-state index in [9.17, 15) is 10.5 Å². The maximum Gasteiger partial charge on any atom is 0.110 e. The molecule has 1 aliphatic carbocycles. The Hall–Kier alpha value is -4.92. The lowest BCUT2D eigenvalue weighted by atomic mass is 10.00. The van der Waals surface area contributed by atoms with E-state index in [0.717, 1.165) is 36.1 Å². The first-order chi connectivity index (χ1) is 20.1. The van der Waals surface area contributed by atoms with Gasteiger partial charge in [0.2, 0.25) is 0 Å². The number of benzene rings is 3. The molecule has 9 heteroatoms. The minimum absolute atomic E-state index is 0.0376. The molecular formula is C32H27ClN8. The predicted molar refractivity (Wildman–Crippen MR) is 159 cm³/mol. The fraction of sp³-hybridized carbons (Fsp3) is 0.219. The minimum atomic E-state index is -0.420. The normalized spacial score (nSPS) is 14.1. The van der Waals surface area contributed by atoms with Gasteiger partial charge in [-0.1, -0.05) is 72.3 Å². The van der Waals surface area contributed by atoms with Crippen LogP contribution in [0.15, 0.2) is 79.1 Å². The predicted octanol–water partition coefficient (Wildman–Crippen LogP) is 7.32. The Balaban J connectivity index is 1.46. The fourth-order valence-corrected chi connectivity index (χ4v) is 5.36. The number of anilines is 2. The van der Waals surface area contributed by atoms with Crippen LogP contribution in [0.4, 0.5) is 11.4 Å². The monoisotopic (exact) mass is 558 g/mol. The molecule has 0 amide bonds. The number of nitrogens with zero attached hydrogens (tertiary/aromatic N) is 6. The number of hydrogen-bond acceptors (Lipinski definition) is 7. The average molecular weight is 559 g/mol. The Kier molecular flexibility index (Phi) is 7.24. The zero-order chi connectivity index (χ0) is 28.3. The summed E-state index contributed by atoms with van der Waals surface area (Å²) < 4.78 is 1.90. The first-order valence-electron chi connectivity index (χ1n) is 13.6. The molecule has 41 heavy (non-hydrogen) atoms. The standard InChI is InChI=1S/C32H27ClN8/c1-2-28(20-8-4-3-5-9-20)38-31-22(17-35)18-36-30-21(16-34)14-23(15-26(30)31)37-32(25-10-6-7-11-27(25)33)29-19-41(40-39-29)24-12-13-24/h3-11,14-15,18-19,24,28,32,37H,2,12-13H2,1H3,(H,36,38)/t28-,32+/m1/s1. The summed E-state index contributed by atoms with van der Waals surface area (Å²) in [6, 6.07) is 25.9. The number of nitrogens with one attached hydrogen (secondary N) is 2. The van der Waals surface area contributed by atoms with Crippen LogP contribution in [0.25, 0.3) is 10.9 Å². The SMILES string of the molecule is CC[C@@H](Nc1c(C#N)cnc2c(C#N)cc(N[C@H](c3cn(C4CC4)nn3)c3ccccc3Cl)cc12)c1ccccc1. The molecule has 0 spiro atoms. The molecular weight excluding hydrogens is 532 g/mol.